The summed E-state index contributed by atoms with van der Waals surface area (Å²) in [6.07, 6.45) is -0.890. The van der Waals surface area contributed by atoms with Crippen LogP contribution in [0, 0.1) is 17.5 Å². The summed E-state index contributed by atoms with van der Waals surface area (Å²) in [5, 5.41) is 9.92. The third-order valence-electron chi connectivity index (χ3n) is 2.93. The van der Waals surface area contributed by atoms with Crippen LogP contribution in [0.4, 0.5) is 13.2 Å². The maximum atomic E-state index is 13.5. The highest BCUT2D eigenvalue weighted by Gasteiger charge is 2.13. The van der Waals surface area contributed by atoms with E-state index in [9.17, 15) is 18.3 Å². The monoisotopic (exact) mass is 344 g/mol. The highest BCUT2D eigenvalue weighted by molar-refractivity contribution is 9.10. The largest absolute Gasteiger partial charge is 0.392 e. The van der Waals surface area contributed by atoms with Crippen molar-refractivity contribution in [3.05, 3.63) is 69.4 Å². The molecule has 1 N–H and O–H groups in total. The van der Waals surface area contributed by atoms with E-state index in [1.54, 1.807) is 12.1 Å². The van der Waals surface area contributed by atoms with Crippen LogP contribution in [0.25, 0.3) is 0 Å². The Hall–Kier alpha value is -1.33. The lowest BCUT2D eigenvalue weighted by Crippen LogP contribution is -2.15. The highest BCUT2D eigenvalue weighted by Crippen LogP contribution is 2.19. The zero-order valence-electron chi connectivity index (χ0n) is 10.4. The van der Waals surface area contributed by atoms with Crippen LogP contribution in [0.1, 0.15) is 11.1 Å². The number of rotatable bonds is 4. The van der Waals surface area contributed by atoms with E-state index in [4.69, 9.17) is 0 Å². The molecule has 0 spiro atoms. The van der Waals surface area contributed by atoms with Crippen molar-refractivity contribution in [2.75, 3.05) is 0 Å². The van der Waals surface area contributed by atoms with Crippen molar-refractivity contribution in [2.45, 2.75) is 18.9 Å². The van der Waals surface area contributed by atoms with Gasteiger partial charge in [-0.05, 0) is 35.4 Å². The van der Waals surface area contributed by atoms with Gasteiger partial charge in [0.2, 0.25) is 0 Å². The van der Waals surface area contributed by atoms with Gasteiger partial charge in [0, 0.05) is 23.4 Å². The molecule has 0 heterocycles. The van der Waals surface area contributed by atoms with E-state index in [0.29, 0.717) is 10.0 Å². The summed E-state index contributed by atoms with van der Waals surface area (Å²) in [6, 6.07) is 7.60. The molecule has 0 fully saturated rings. The van der Waals surface area contributed by atoms with Crippen LogP contribution in [0.3, 0.4) is 0 Å². The molecule has 1 unspecified atom stereocenters. The summed E-state index contributed by atoms with van der Waals surface area (Å²) >= 11 is 3.22. The van der Waals surface area contributed by atoms with Gasteiger partial charge in [-0.25, -0.2) is 13.2 Å². The summed E-state index contributed by atoms with van der Waals surface area (Å²) in [5.74, 6) is -1.80. The number of aliphatic hydroxyl groups excluding tert-OH is 1. The molecule has 1 atom stereocenters. The zero-order chi connectivity index (χ0) is 14.7. The van der Waals surface area contributed by atoms with Crippen molar-refractivity contribution in [1.82, 2.24) is 0 Å². The van der Waals surface area contributed by atoms with Gasteiger partial charge in [0.15, 0.2) is 0 Å². The second-order valence-electron chi connectivity index (χ2n) is 4.53. The van der Waals surface area contributed by atoms with Crippen molar-refractivity contribution >= 4 is 15.9 Å². The van der Waals surface area contributed by atoms with E-state index in [-0.39, 0.29) is 18.4 Å². The minimum absolute atomic E-state index is 0.00192. The first-order valence-electron chi connectivity index (χ1n) is 6.01. The van der Waals surface area contributed by atoms with Crippen LogP contribution >= 0.6 is 15.9 Å². The fraction of sp³-hybridized carbons (Fsp3) is 0.200. The fourth-order valence-corrected chi connectivity index (χ4v) is 2.38. The van der Waals surface area contributed by atoms with Gasteiger partial charge in [0.05, 0.1) is 6.10 Å². The Balaban J connectivity index is 2.08. The molecular formula is C15H12BrF3O. The predicted molar refractivity (Wildman–Crippen MR) is 73.9 cm³/mol. The Labute approximate surface area is 123 Å². The van der Waals surface area contributed by atoms with Crippen molar-refractivity contribution in [1.29, 1.82) is 0 Å². The molecule has 20 heavy (non-hydrogen) atoms. The molecule has 0 saturated heterocycles. The first-order chi connectivity index (χ1) is 9.45. The van der Waals surface area contributed by atoms with E-state index >= 15 is 0 Å². The van der Waals surface area contributed by atoms with Crippen molar-refractivity contribution in [3.63, 3.8) is 0 Å². The summed E-state index contributed by atoms with van der Waals surface area (Å²) in [7, 11) is 0. The second kappa shape index (κ2) is 6.41. The molecule has 1 nitrogen and oxygen atoms in total. The smallest absolute Gasteiger partial charge is 0.129 e. The Morgan fingerprint density at radius 1 is 0.900 bits per heavy atom. The fourth-order valence-electron chi connectivity index (χ4n) is 1.97. The van der Waals surface area contributed by atoms with Crippen molar-refractivity contribution < 1.29 is 18.3 Å². The standard InChI is InChI=1S/C15H12BrF3O/c16-11-2-4-14(18)10(5-11)7-13(20)6-9-1-3-12(17)8-15(9)19/h1-5,8,13,20H,6-7H2. The molecule has 0 aliphatic rings. The average Bonchev–Trinajstić information content (AvgIpc) is 2.37. The second-order valence-corrected chi connectivity index (χ2v) is 5.45. The van der Waals surface area contributed by atoms with Gasteiger partial charge >= 0.3 is 0 Å². The lowest BCUT2D eigenvalue weighted by Gasteiger charge is -2.12. The molecule has 0 aliphatic carbocycles. The van der Waals surface area contributed by atoms with Crippen molar-refractivity contribution in [2.24, 2.45) is 0 Å². The minimum atomic E-state index is -0.946. The first kappa shape index (κ1) is 15.1. The molecule has 0 radical (unpaired) electrons. The maximum Gasteiger partial charge on any atom is 0.129 e. The predicted octanol–water partition coefficient (Wildman–Crippen LogP) is 4.01. The molecule has 2 aromatic carbocycles. The zero-order valence-corrected chi connectivity index (χ0v) is 12.0. The molecule has 2 rings (SSSR count). The lowest BCUT2D eigenvalue weighted by atomic mass is 10.0. The lowest BCUT2D eigenvalue weighted by molar-refractivity contribution is 0.173. The molecule has 0 aromatic heterocycles. The molecular weight excluding hydrogens is 333 g/mol. The Kier molecular flexibility index (Phi) is 4.83. The Morgan fingerprint density at radius 3 is 2.30 bits per heavy atom. The van der Waals surface area contributed by atoms with E-state index in [1.807, 2.05) is 0 Å². The van der Waals surface area contributed by atoms with Gasteiger partial charge in [-0.15, -0.1) is 0 Å². The van der Waals surface area contributed by atoms with E-state index in [0.717, 1.165) is 12.1 Å². The Morgan fingerprint density at radius 2 is 1.60 bits per heavy atom. The highest BCUT2D eigenvalue weighted by atomic mass is 79.9. The third-order valence-corrected chi connectivity index (χ3v) is 3.43. The summed E-state index contributed by atoms with van der Waals surface area (Å²) < 4.78 is 40.5. The van der Waals surface area contributed by atoms with Crippen molar-refractivity contribution in [3.8, 4) is 0 Å². The number of aliphatic hydroxyl groups is 1. The third kappa shape index (κ3) is 3.84. The van der Waals surface area contributed by atoms with E-state index < -0.39 is 23.6 Å². The van der Waals surface area contributed by atoms with Crippen LogP contribution in [0.15, 0.2) is 40.9 Å². The van der Waals surface area contributed by atoms with Crippen LogP contribution in [0.5, 0.6) is 0 Å². The number of halogens is 4. The number of hydrogen-bond acceptors (Lipinski definition) is 1. The molecule has 0 saturated carbocycles. The molecule has 106 valence electrons. The van der Waals surface area contributed by atoms with E-state index in [2.05, 4.69) is 15.9 Å². The molecule has 0 aliphatic heterocycles. The molecule has 5 heteroatoms. The normalized spacial score (nSPS) is 12.4. The minimum Gasteiger partial charge on any atom is -0.392 e. The maximum absolute atomic E-state index is 13.5. The topological polar surface area (TPSA) is 20.2 Å². The molecule has 2 aromatic rings. The summed E-state index contributed by atoms with van der Waals surface area (Å²) in [5.41, 5.74) is 0.545. The van der Waals surface area contributed by atoms with Crippen LogP contribution < -0.4 is 0 Å². The average molecular weight is 345 g/mol. The van der Waals surface area contributed by atoms with Gasteiger partial charge in [-0.1, -0.05) is 22.0 Å². The quantitative estimate of drug-likeness (QED) is 0.888. The van der Waals surface area contributed by atoms with Crippen LogP contribution in [-0.4, -0.2) is 11.2 Å². The first-order valence-corrected chi connectivity index (χ1v) is 6.81. The van der Waals surface area contributed by atoms with Gasteiger partial charge in [0.25, 0.3) is 0 Å². The van der Waals surface area contributed by atoms with Crippen LogP contribution in [0.2, 0.25) is 0 Å². The van der Waals surface area contributed by atoms with Gasteiger partial charge < -0.3 is 5.11 Å². The number of hydrogen-bond donors (Lipinski definition) is 1. The van der Waals surface area contributed by atoms with E-state index in [1.165, 1.54) is 12.1 Å². The van der Waals surface area contributed by atoms with Gasteiger partial charge in [-0.2, -0.15) is 0 Å². The molecule has 0 bridgehead atoms. The molecule has 0 amide bonds. The Bertz CT molecular complexity index is 616. The van der Waals surface area contributed by atoms with Gasteiger partial charge in [-0.3, -0.25) is 0 Å². The van der Waals surface area contributed by atoms with Gasteiger partial charge in [0.1, 0.15) is 17.5 Å². The summed E-state index contributed by atoms with van der Waals surface area (Å²) in [4.78, 5) is 0. The summed E-state index contributed by atoms with van der Waals surface area (Å²) in [6.45, 7) is 0. The SMILES string of the molecule is OC(Cc1ccc(F)cc1F)Cc1cc(Br)ccc1F. The van der Waals surface area contributed by atoms with Crippen LogP contribution in [-0.2, 0) is 12.8 Å². The number of benzene rings is 2.